The van der Waals surface area contributed by atoms with E-state index >= 15 is 0 Å². The second-order valence-corrected chi connectivity index (χ2v) is 9.20. The minimum Gasteiger partial charge on any atom is -0.507 e. The minimum absolute atomic E-state index is 0.0195. The summed E-state index contributed by atoms with van der Waals surface area (Å²) >= 11 is 3.31. The number of Topliss-reactive ketones (excluding diaryl/α,β-unsaturated/α-hetero) is 1. The fraction of sp³-hybridized carbons (Fsp3) is 0.360. The van der Waals surface area contributed by atoms with Crippen molar-refractivity contribution < 1.29 is 34.0 Å². The third-order valence-corrected chi connectivity index (χ3v) is 6.65. The summed E-state index contributed by atoms with van der Waals surface area (Å²) < 4.78 is 16.5. The van der Waals surface area contributed by atoms with Crippen LogP contribution in [0, 0.1) is 0 Å². The van der Waals surface area contributed by atoms with Gasteiger partial charge in [0, 0.05) is 32.2 Å². The largest absolute Gasteiger partial charge is 0.507 e. The number of hydrogen-bond donors (Lipinski definition) is 2. The number of aliphatic hydroxyl groups is 1. The minimum atomic E-state index is -0.869. The number of methoxy groups -OCH3 is 2. The van der Waals surface area contributed by atoms with Gasteiger partial charge < -0.3 is 29.3 Å². The molecule has 2 aliphatic heterocycles. The first kappa shape index (κ1) is 24.1. The molecule has 180 valence electrons. The van der Waals surface area contributed by atoms with Crippen molar-refractivity contribution in [3.05, 3.63) is 57.1 Å². The first-order valence-electron chi connectivity index (χ1n) is 10.9. The average Bonchev–Trinajstić information content (AvgIpc) is 3.31. The number of nitrogens with zero attached hydrogens (tertiary/aromatic N) is 1. The molecule has 2 aromatic carbocycles. The van der Waals surface area contributed by atoms with E-state index < -0.39 is 17.7 Å². The number of ketones is 1. The van der Waals surface area contributed by atoms with Gasteiger partial charge in [-0.3, -0.25) is 9.59 Å². The van der Waals surface area contributed by atoms with E-state index in [0.29, 0.717) is 35.0 Å². The number of hydrogen-bond acceptors (Lipinski definition) is 7. The lowest BCUT2D eigenvalue weighted by molar-refractivity contribution is -0.140. The van der Waals surface area contributed by atoms with Crippen LogP contribution in [0.1, 0.15) is 36.1 Å². The molecule has 4 rings (SSSR count). The Kier molecular flexibility index (Phi) is 6.86. The number of rotatable bonds is 7. The van der Waals surface area contributed by atoms with Gasteiger partial charge in [-0.1, -0.05) is 0 Å². The van der Waals surface area contributed by atoms with Gasteiger partial charge in [0.25, 0.3) is 11.7 Å². The van der Waals surface area contributed by atoms with E-state index in [1.807, 2.05) is 6.92 Å². The number of phenols is 1. The van der Waals surface area contributed by atoms with Crippen LogP contribution in [-0.4, -0.2) is 60.3 Å². The second-order valence-electron chi connectivity index (χ2n) is 8.35. The monoisotopic (exact) mass is 531 g/mol. The molecular formula is C25H26BrNO7. The van der Waals surface area contributed by atoms with Gasteiger partial charge in [-0.15, -0.1) is 0 Å². The summed E-state index contributed by atoms with van der Waals surface area (Å²) in [7, 11) is 2.97. The van der Waals surface area contributed by atoms with Crippen LogP contribution in [0.15, 0.2) is 40.4 Å². The number of halogens is 1. The van der Waals surface area contributed by atoms with E-state index in [1.54, 1.807) is 37.4 Å². The van der Waals surface area contributed by atoms with Gasteiger partial charge in [0.15, 0.2) is 11.5 Å². The standard InChI is InChI=1S/C25H26BrNO7/c1-13-9-15-10-14(5-6-18(15)34-13)22(28)20-21(16-11-17(26)23(29)19(12-16)33-3)27(7-4-8-32-2)25(31)24(20)30/h5-6,10-13,21,28-29H,4,7-9H2,1-3H3/b22-20+/t13-,21-/m1/s1. The normalized spacial score (nSPS) is 21.0. The van der Waals surface area contributed by atoms with Gasteiger partial charge in [-0.05, 0) is 70.7 Å². The van der Waals surface area contributed by atoms with Crippen LogP contribution in [-0.2, 0) is 20.7 Å². The molecule has 0 aliphatic carbocycles. The first-order valence-corrected chi connectivity index (χ1v) is 11.7. The van der Waals surface area contributed by atoms with Crippen molar-refractivity contribution in [3.63, 3.8) is 0 Å². The molecule has 1 saturated heterocycles. The number of fused-ring (bicyclic) bond motifs is 1. The predicted octanol–water partition coefficient (Wildman–Crippen LogP) is 3.94. The van der Waals surface area contributed by atoms with Gasteiger partial charge >= 0.3 is 0 Å². The average molecular weight is 532 g/mol. The summed E-state index contributed by atoms with van der Waals surface area (Å²) in [5.41, 5.74) is 1.85. The van der Waals surface area contributed by atoms with Gasteiger partial charge in [0.2, 0.25) is 0 Å². The number of ether oxygens (including phenoxy) is 3. The number of aliphatic hydroxyl groups excluding tert-OH is 1. The summed E-state index contributed by atoms with van der Waals surface area (Å²) in [6, 6.07) is 7.53. The summed E-state index contributed by atoms with van der Waals surface area (Å²) in [6.45, 7) is 2.61. The van der Waals surface area contributed by atoms with Crippen LogP contribution in [0.25, 0.3) is 5.76 Å². The highest BCUT2D eigenvalue weighted by Crippen LogP contribution is 2.44. The topological polar surface area (TPSA) is 106 Å². The molecule has 9 heteroatoms. The molecule has 8 nitrogen and oxygen atoms in total. The van der Waals surface area contributed by atoms with E-state index in [4.69, 9.17) is 14.2 Å². The van der Waals surface area contributed by atoms with E-state index in [-0.39, 0.29) is 35.5 Å². The van der Waals surface area contributed by atoms with Crippen molar-refractivity contribution in [2.45, 2.75) is 31.9 Å². The molecule has 2 aromatic rings. The smallest absolute Gasteiger partial charge is 0.295 e. The van der Waals surface area contributed by atoms with E-state index in [1.165, 1.54) is 12.0 Å². The zero-order valence-electron chi connectivity index (χ0n) is 19.1. The number of carbonyl (C=O) groups is 2. The fourth-order valence-corrected chi connectivity index (χ4v) is 4.93. The molecule has 2 N–H and O–H groups in total. The van der Waals surface area contributed by atoms with Crippen molar-refractivity contribution in [1.29, 1.82) is 0 Å². The molecule has 0 saturated carbocycles. The lowest BCUT2D eigenvalue weighted by Crippen LogP contribution is -2.31. The van der Waals surface area contributed by atoms with Crippen molar-refractivity contribution in [1.82, 2.24) is 4.90 Å². The fourth-order valence-electron chi connectivity index (χ4n) is 4.47. The summed E-state index contributed by atoms with van der Waals surface area (Å²) in [5, 5.41) is 21.6. The Labute approximate surface area is 205 Å². The van der Waals surface area contributed by atoms with Crippen molar-refractivity contribution in [2.75, 3.05) is 27.4 Å². The number of carbonyl (C=O) groups excluding carboxylic acids is 2. The van der Waals surface area contributed by atoms with E-state index in [0.717, 1.165) is 11.3 Å². The Morgan fingerprint density at radius 3 is 2.71 bits per heavy atom. The van der Waals surface area contributed by atoms with Crippen molar-refractivity contribution in [2.24, 2.45) is 0 Å². The Balaban J connectivity index is 1.86. The molecule has 34 heavy (non-hydrogen) atoms. The zero-order chi connectivity index (χ0) is 24.6. The molecule has 1 fully saturated rings. The number of phenolic OH excluding ortho intramolecular Hbond substituents is 1. The second kappa shape index (κ2) is 9.68. The summed E-state index contributed by atoms with van der Waals surface area (Å²) in [6.07, 6.45) is 1.22. The molecule has 0 bridgehead atoms. The highest BCUT2D eigenvalue weighted by atomic mass is 79.9. The molecule has 2 atom stereocenters. The number of amides is 1. The Hall–Kier alpha value is -3.04. The SMILES string of the molecule is COCCCN1C(=O)C(=O)/C(=C(/O)c2ccc3c(c2)C[C@@H](C)O3)[C@H]1c1cc(Br)c(O)c(OC)c1. The number of benzene rings is 2. The molecule has 1 amide bonds. The molecule has 0 unspecified atom stereocenters. The number of likely N-dealkylation sites (tertiary alicyclic amines) is 1. The summed E-state index contributed by atoms with van der Waals surface area (Å²) in [5.74, 6) is -0.918. The highest BCUT2D eigenvalue weighted by molar-refractivity contribution is 9.10. The van der Waals surface area contributed by atoms with E-state index in [9.17, 15) is 19.8 Å². The van der Waals surface area contributed by atoms with Crippen LogP contribution in [0.4, 0.5) is 0 Å². The molecule has 2 aliphatic rings. The Morgan fingerprint density at radius 2 is 2.00 bits per heavy atom. The molecule has 0 spiro atoms. The lowest BCUT2D eigenvalue weighted by atomic mass is 9.94. The third-order valence-electron chi connectivity index (χ3n) is 6.04. The maximum atomic E-state index is 13.2. The molecule has 0 aromatic heterocycles. The lowest BCUT2D eigenvalue weighted by Gasteiger charge is -2.26. The molecular weight excluding hydrogens is 506 g/mol. The highest BCUT2D eigenvalue weighted by Gasteiger charge is 2.46. The maximum absolute atomic E-state index is 13.2. The van der Waals surface area contributed by atoms with Crippen LogP contribution in [0.2, 0.25) is 0 Å². The number of aromatic hydroxyl groups is 1. The van der Waals surface area contributed by atoms with Crippen LogP contribution in [0.5, 0.6) is 17.2 Å². The molecule has 2 heterocycles. The summed E-state index contributed by atoms with van der Waals surface area (Å²) in [4.78, 5) is 27.6. The van der Waals surface area contributed by atoms with Crippen molar-refractivity contribution >= 4 is 33.4 Å². The Bertz CT molecular complexity index is 1180. The van der Waals surface area contributed by atoms with Crippen LogP contribution >= 0.6 is 15.9 Å². The van der Waals surface area contributed by atoms with Gasteiger partial charge in [0.05, 0.1) is 23.2 Å². The third kappa shape index (κ3) is 4.25. The maximum Gasteiger partial charge on any atom is 0.295 e. The molecule has 0 radical (unpaired) electrons. The first-order chi connectivity index (χ1) is 16.3. The Morgan fingerprint density at radius 1 is 1.24 bits per heavy atom. The van der Waals surface area contributed by atoms with Gasteiger partial charge in [-0.2, -0.15) is 0 Å². The van der Waals surface area contributed by atoms with Gasteiger partial charge in [0.1, 0.15) is 17.6 Å². The van der Waals surface area contributed by atoms with Crippen LogP contribution in [0.3, 0.4) is 0 Å². The van der Waals surface area contributed by atoms with Gasteiger partial charge in [-0.25, -0.2) is 0 Å². The van der Waals surface area contributed by atoms with Crippen LogP contribution < -0.4 is 9.47 Å². The predicted molar refractivity (Wildman–Crippen MR) is 128 cm³/mol. The quantitative estimate of drug-likeness (QED) is 0.241. The van der Waals surface area contributed by atoms with E-state index in [2.05, 4.69) is 15.9 Å². The van der Waals surface area contributed by atoms with Crippen molar-refractivity contribution in [3.8, 4) is 17.2 Å². The zero-order valence-corrected chi connectivity index (χ0v) is 20.7.